The maximum Gasteiger partial charge on any atom is 0.119 e. The Kier molecular flexibility index (Phi) is 5.52. The molecule has 4 heteroatoms. The minimum absolute atomic E-state index is 0.747. The number of nitrogen functional groups attached to an aromatic ring is 1. The summed E-state index contributed by atoms with van der Waals surface area (Å²) in [5.41, 5.74) is 9.96. The van der Waals surface area contributed by atoms with Crippen molar-refractivity contribution in [2.45, 2.75) is 17.8 Å². The van der Waals surface area contributed by atoms with E-state index in [1.165, 1.54) is 5.56 Å². The number of rotatable bonds is 6. The Labute approximate surface area is 133 Å². The molecule has 106 valence electrons. The van der Waals surface area contributed by atoms with Crippen molar-refractivity contribution < 1.29 is 4.74 Å². The zero-order chi connectivity index (χ0) is 14.4. The van der Waals surface area contributed by atoms with Gasteiger partial charge in [-0.25, -0.2) is 0 Å². The van der Waals surface area contributed by atoms with Crippen LogP contribution in [0.4, 0.5) is 17.1 Å². The summed E-state index contributed by atoms with van der Waals surface area (Å²) in [7, 11) is 0. The van der Waals surface area contributed by atoms with Crippen LogP contribution in [0, 0.1) is 0 Å². The van der Waals surface area contributed by atoms with Crippen LogP contribution in [0.1, 0.15) is 18.9 Å². The molecule has 0 aliphatic carbocycles. The van der Waals surface area contributed by atoms with E-state index in [4.69, 9.17) is 10.5 Å². The van der Waals surface area contributed by atoms with Crippen molar-refractivity contribution in [3.8, 4) is 5.75 Å². The molecule has 20 heavy (non-hydrogen) atoms. The van der Waals surface area contributed by atoms with E-state index in [1.54, 1.807) is 0 Å². The number of nitrogens with one attached hydrogen (secondary N) is 1. The highest BCUT2D eigenvalue weighted by molar-refractivity contribution is 14.1. The van der Waals surface area contributed by atoms with Gasteiger partial charge in [0.15, 0.2) is 0 Å². The van der Waals surface area contributed by atoms with Crippen molar-refractivity contribution in [1.29, 1.82) is 0 Å². The minimum atomic E-state index is 0.747. The third kappa shape index (κ3) is 4.03. The van der Waals surface area contributed by atoms with Crippen molar-refractivity contribution in [3.05, 3.63) is 48.0 Å². The summed E-state index contributed by atoms with van der Waals surface area (Å²) in [5.74, 6) is 0.895. The van der Waals surface area contributed by atoms with E-state index in [0.29, 0.717) is 0 Å². The van der Waals surface area contributed by atoms with Crippen LogP contribution in [0.2, 0.25) is 0 Å². The molecule has 0 spiro atoms. The van der Waals surface area contributed by atoms with Crippen LogP contribution in [-0.2, 0) is 4.43 Å². The van der Waals surface area contributed by atoms with Crippen molar-refractivity contribution in [2.75, 3.05) is 17.7 Å². The fraction of sp³-hybridized carbons (Fsp3) is 0.250. The standard InChI is InChI=1S/C16H19IN2O/c1-2-9-20-14-6-4-13(5-7-14)19-16-10-12(11-17)3-8-15(16)18/h3-8,10,19H,2,9,11,18H2,1H3. The Morgan fingerprint density at radius 3 is 2.55 bits per heavy atom. The van der Waals surface area contributed by atoms with Crippen LogP contribution in [-0.4, -0.2) is 6.61 Å². The summed E-state index contributed by atoms with van der Waals surface area (Å²) >= 11 is 2.34. The lowest BCUT2D eigenvalue weighted by molar-refractivity contribution is 0.317. The van der Waals surface area contributed by atoms with E-state index in [2.05, 4.69) is 47.0 Å². The highest BCUT2D eigenvalue weighted by Gasteiger charge is 2.02. The number of hydrogen-bond donors (Lipinski definition) is 2. The van der Waals surface area contributed by atoms with E-state index in [1.807, 2.05) is 30.3 Å². The van der Waals surface area contributed by atoms with Gasteiger partial charge in [-0.05, 0) is 48.4 Å². The van der Waals surface area contributed by atoms with Gasteiger partial charge in [-0.2, -0.15) is 0 Å². The summed E-state index contributed by atoms with van der Waals surface area (Å²) in [6.07, 6.45) is 1.01. The first-order chi connectivity index (χ1) is 9.72. The van der Waals surface area contributed by atoms with Gasteiger partial charge in [0.05, 0.1) is 18.0 Å². The first-order valence-electron chi connectivity index (χ1n) is 6.67. The van der Waals surface area contributed by atoms with Gasteiger partial charge in [-0.3, -0.25) is 0 Å². The summed E-state index contributed by atoms with van der Waals surface area (Å²) in [4.78, 5) is 0. The largest absolute Gasteiger partial charge is 0.494 e. The molecule has 0 unspecified atom stereocenters. The van der Waals surface area contributed by atoms with Crippen LogP contribution in [0.3, 0.4) is 0 Å². The van der Waals surface area contributed by atoms with Crippen molar-refractivity contribution in [3.63, 3.8) is 0 Å². The van der Waals surface area contributed by atoms with Crippen LogP contribution in [0.5, 0.6) is 5.75 Å². The molecule has 3 N–H and O–H groups in total. The summed E-state index contributed by atoms with van der Waals surface area (Å²) in [6, 6.07) is 14.0. The Hall–Kier alpha value is -1.43. The average molecular weight is 382 g/mol. The molecule has 0 saturated carbocycles. The molecule has 0 aliphatic rings. The van der Waals surface area contributed by atoms with E-state index in [-0.39, 0.29) is 0 Å². The Balaban J connectivity index is 2.09. The third-order valence-electron chi connectivity index (χ3n) is 2.88. The summed E-state index contributed by atoms with van der Waals surface area (Å²) in [6.45, 7) is 2.84. The number of anilines is 3. The fourth-order valence-electron chi connectivity index (χ4n) is 1.80. The predicted molar refractivity (Wildman–Crippen MR) is 94.1 cm³/mol. The van der Waals surface area contributed by atoms with E-state index >= 15 is 0 Å². The predicted octanol–water partition coefficient (Wildman–Crippen LogP) is 4.74. The molecular formula is C16H19IN2O. The van der Waals surface area contributed by atoms with Gasteiger partial charge in [-0.15, -0.1) is 0 Å². The maximum atomic E-state index is 6.00. The number of hydrogen-bond acceptors (Lipinski definition) is 3. The molecule has 0 saturated heterocycles. The lowest BCUT2D eigenvalue weighted by atomic mass is 10.2. The van der Waals surface area contributed by atoms with E-state index in [9.17, 15) is 0 Å². The highest BCUT2D eigenvalue weighted by Crippen LogP contribution is 2.26. The zero-order valence-corrected chi connectivity index (χ0v) is 13.7. The maximum absolute atomic E-state index is 6.00. The molecule has 0 aromatic heterocycles. The molecule has 0 radical (unpaired) electrons. The monoisotopic (exact) mass is 382 g/mol. The molecule has 0 fully saturated rings. The topological polar surface area (TPSA) is 47.3 Å². The number of ether oxygens (including phenoxy) is 1. The molecule has 0 atom stereocenters. The van der Waals surface area contributed by atoms with E-state index < -0.39 is 0 Å². The fourth-order valence-corrected chi connectivity index (χ4v) is 2.28. The SMILES string of the molecule is CCCOc1ccc(Nc2cc(CI)ccc2N)cc1. The number of halogens is 1. The van der Waals surface area contributed by atoms with E-state index in [0.717, 1.165) is 40.3 Å². The lowest BCUT2D eigenvalue weighted by Gasteiger charge is -2.11. The molecule has 0 bridgehead atoms. The number of nitrogens with two attached hydrogens (primary N) is 1. The number of benzene rings is 2. The van der Waals surface area contributed by atoms with Crippen molar-refractivity contribution in [2.24, 2.45) is 0 Å². The van der Waals surface area contributed by atoms with Gasteiger partial charge in [0.2, 0.25) is 0 Å². The minimum Gasteiger partial charge on any atom is -0.494 e. The van der Waals surface area contributed by atoms with Gasteiger partial charge in [0.1, 0.15) is 5.75 Å². The number of alkyl halides is 1. The Morgan fingerprint density at radius 1 is 1.15 bits per heavy atom. The zero-order valence-electron chi connectivity index (χ0n) is 11.5. The summed E-state index contributed by atoms with van der Waals surface area (Å²) < 4.78 is 6.54. The Bertz CT molecular complexity index is 555. The van der Waals surface area contributed by atoms with Gasteiger partial charge in [0.25, 0.3) is 0 Å². The van der Waals surface area contributed by atoms with Gasteiger partial charge in [-0.1, -0.05) is 35.6 Å². The van der Waals surface area contributed by atoms with Gasteiger partial charge in [0, 0.05) is 10.1 Å². The first kappa shape index (κ1) is 15.0. The summed E-state index contributed by atoms with van der Waals surface area (Å²) in [5, 5.41) is 3.35. The quantitative estimate of drug-likeness (QED) is 0.431. The molecule has 0 amide bonds. The molecule has 2 aromatic carbocycles. The highest BCUT2D eigenvalue weighted by atomic mass is 127. The second-order valence-corrected chi connectivity index (χ2v) is 5.32. The van der Waals surface area contributed by atoms with Gasteiger partial charge >= 0.3 is 0 Å². The van der Waals surface area contributed by atoms with Crippen LogP contribution in [0.15, 0.2) is 42.5 Å². The molecule has 3 nitrogen and oxygen atoms in total. The molecule has 0 aliphatic heterocycles. The lowest BCUT2D eigenvalue weighted by Crippen LogP contribution is -1.98. The van der Waals surface area contributed by atoms with Crippen LogP contribution < -0.4 is 15.8 Å². The molecule has 2 rings (SSSR count). The molecule has 2 aromatic rings. The molecule has 0 heterocycles. The Morgan fingerprint density at radius 2 is 1.90 bits per heavy atom. The third-order valence-corrected chi connectivity index (χ3v) is 3.76. The molecular weight excluding hydrogens is 363 g/mol. The average Bonchev–Trinajstić information content (AvgIpc) is 2.49. The van der Waals surface area contributed by atoms with Crippen LogP contribution >= 0.6 is 22.6 Å². The van der Waals surface area contributed by atoms with Crippen molar-refractivity contribution >= 4 is 39.7 Å². The normalized spacial score (nSPS) is 10.3. The second-order valence-electron chi connectivity index (χ2n) is 4.55. The van der Waals surface area contributed by atoms with Crippen LogP contribution in [0.25, 0.3) is 0 Å². The second kappa shape index (κ2) is 7.38. The van der Waals surface area contributed by atoms with Crippen molar-refractivity contribution in [1.82, 2.24) is 0 Å². The van der Waals surface area contributed by atoms with Gasteiger partial charge < -0.3 is 15.8 Å². The first-order valence-corrected chi connectivity index (χ1v) is 8.19. The smallest absolute Gasteiger partial charge is 0.119 e.